The number of esters is 1. The zero-order valence-electron chi connectivity index (χ0n) is 15.1. The highest BCUT2D eigenvalue weighted by molar-refractivity contribution is 6.07. The lowest BCUT2D eigenvalue weighted by Gasteiger charge is -2.12. The number of aliphatic imine (C=N–C) groups is 1. The van der Waals surface area contributed by atoms with Gasteiger partial charge in [0.25, 0.3) is 0 Å². The molecule has 1 aliphatic heterocycles. The molecule has 0 aromatic heterocycles. The van der Waals surface area contributed by atoms with Gasteiger partial charge in [-0.15, -0.1) is 0 Å². The molecule has 1 heterocycles. The molecule has 0 bridgehead atoms. The van der Waals surface area contributed by atoms with Crippen LogP contribution < -0.4 is 14.2 Å². The maximum atomic E-state index is 13.0. The molecular weight excluding hydrogens is 353 g/mol. The minimum Gasteiger partial charge on any atom is -0.496 e. The number of halogens is 1. The van der Waals surface area contributed by atoms with E-state index in [9.17, 15) is 9.18 Å². The summed E-state index contributed by atoms with van der Waals surface area (Å²) in [6.45, 7) is 0. The van der Waals surface area contributed by atoms with Gasteiger partial charge in [0.2, 0.25) is 5.90 Å². The number of nitrogens with zero attached hydrogens (tertiary/aromatic N) is 1. The molecule has 0 unspecified atom stereocenters. The van der Waals surface area contributed by atoms with Gasteiger partial charge in [0.05, 0.1) is 21.3 Å². The van der Waals surface area contributed by atoms with Crippen LogP contribution in [0.4, 0.5) is 4.39 Å². The zero-order chi connectivity index (χ0) is 19.4. The molecule has 0 radical (unpaired) electrons. The lowest BCUT2D eigenvalue weighted by atomic mass is 10.1. The first-order chi connectivity index (χ1) is 13.0. The second kappa shape index (κ2) is 7.90. The summed E-state index contributed by atoms with van der Waals surface area (Å²) in [5.41, 5.74) is 1.51. The van der Waals surface area contributed by atoms with Crippen molar-refractivity contribution in [2.45, 2.75) is 6.42 Å². The number of hydrogen-bond acceptors (Lipinski definition) is 6. The van der Waals surface area contributed by atoms with Crippen LogP contribution in [0.25, 0.3) is 6.08 Å². The van der Waals surface area contributed by atoms with Gasteiger partial charge in [0, 0.05) is 18.1 Å². The van der Waals surface area contributed by atoms with E-state index in [2.05, 4.69) is 4.99 Å². The Kier molecular flexibility index (Phi) is 5.40. The smallest absolute Gasteiger partial charge is 0.363 e. The zero-order valence-corrected chi connectivity index (χ0v) is 15.1. The maximum Gasteiger partial charge on any atom is 0.363 e. The number of cyclic esters (lactones) is 1. The Morgan fingerprint density at radius 3 is 2.26 bits per heavy atom. The molecule has 7 heteroatoms. The van der Waals surface area contributed by atoms with Crippen LogP contribution in [0, 0.1) is 5.82 Å². The van der Waals surface area contributed by atoms with Gasteiger partial charge in [0.1, 0.15) is 11.6 Å². The molecule has 1 aliphatic rings. The Hall–Kier alpha value is -3.35. The van der Waals surface area contributed by atoms with Crippen LogP contribution in [0.2, 0.25) is 0 Å². The van der Waals surface area contributed by atoms with Crippen LogP contribution in [0.1, 0.15) is 11.1 Å². The fourth-order valence-corrected chi connectivity index (χ4v) is 2.62. The fourth-order valence-electron chi connectivity index (χ4n) is 2.62. The molecule has 0 amide bonds. The third-order valence-electron chi connectivity index (χ3n) is 3.96. The van der Waals surface area contributed by atoms with E-state index in [1.54, 1.807) is 30.3 Å². The molecule has 0 saturated heterocycles. The normalized spacial score (nSPS) is 14.7. The average molecular weight is 371 g/mol. The van der Waals surface area contributed by atoms with Crippen molar-refractivity contribution >= 4 is 17.9 Å². The van der Waals surface area contributed by atoms with Gasteiger partial charge in [-0.3, -0.25) is 0 Å². The van der Waals surface area contributed by atoms with E-state index in [1.165, 1.54) is 33.5 Å². The Morgan fingerprint density at radius 1 is 1.00 bits per heavy atom. The van der Waals surface area contributed by atoms with Crippen LogP contribution in [0.3, 0.4) is 0 Å². The van der Waals surface area contributed by atoms with Crippen molar-refractivity contribution in [3.63, 3.8) is 0 Å². The third-order valence-corrected chi connectivity index (χ3v) is 3.96. The number of methoxy groups -OCH3 is 3. The molecular formula is C20H18FNO5. The molecule has 6 nitrogen and oxygen atoms in total. The highest BCUT2D eigenvalue weighted by Gasteiger charge is 2.24. The average Bonchev–Trinajstić information content (AvgIpc) is 3.02. The van der Waals surface area contributed by atoms with Gasteiger partial charge in [-0.25, -0.2) is 14.2 Å². The minimum absolute atomic E-state index is 0.137. The lowest BCUT2D eigenvalue weighted by molar-refractivity contribution is -0.130. The first kappa shape index (κ1) is 18.4. The molecule has 0 saturated carbocycles. The monoisotopic (exact) mass is 371 g/mol. The van der Waals surface area contributed by atoms with Gasteiger partial charge in [-0.05, 0) is 29.8 Å². The molecule has 0 spiro atoms. The van der Waals surface area contributed by atoms with Gasteiger partial charge in [0.15, 0.2) is 17.2 Å². The van der Waals surface area contributed by atoms with Crippen LogP contribution in [-0.4, -0.2) is 33.2 Å². The van der Waals surface area contributed by atoms with Crippen molar-refractivity contribution in [2.75, 3.05) is 21.3 Å². The Morgan fingerprint density at radius 2 is 1.63 bits per heavy atom. The molecule has 2 aromatic rings. The summed E-state index contributed by atoms with van der Waals surface area (Å²) in [5.74, 6) is 0.847. The SMILES string of the molecule is COc1cc(OC)c(OC)cc1/C=C1\N=C(Cc2ccc(F)cc2)OC1=O. The Labute approximate surface area is 155 Å². The van der Waals surface area contributed by atoms with E-state index < -0.39 is 5.97 Å². The van der Waals surface area contributed by atoms with E-state index in [1.807, 2.05) is 0 Å². The molecule has 3 rings (SSSR count). The quantitative estimate of drug-likeness (QED) is 0.575. The highest BCUT2D eigenvalue weighted by atomic mass is 19.1. The van der Waals surface area contributed by atoms with Gasteiger partial charge in [-0.2, -0.15) is 0 Å². The summed E-state index contributed by atoms with van der Waals surface area (Å²) >= 11 is 0. The van der Waals surface area contributed by atoms with E-state index >= 15 is 0 Å². The Bertz CT molecular complexity index is 919. The molecule has 0 aliphatic carbocycles. The number of ether oxygens (including phenoxy) is 4. The van der Waals surface area contributed by atoms with Crippen LogP contribution in [-0.2, 0) is 16.0 Å². The number of rotatable bonds is 6. The van der Waals surface area contributed by atoms with Crippen molar-refractivity contribution in [2.24, 2.45) is 4.99 Å². The van der Waals surface area contributed by atoms with Crippen LogP contribution in [0.15, 0.2) is 47.1 Å². The number of carbonyl (C=O) groups is 1. The summed E-state index contributed by atoms with van der Waals surface area (Å²) in [6.07, 6.45) is 1.84. The molecule has 0 fully saturated rings. The molecule has 2 aromatic carbocycles. The maximum absolute atomic E-state index is 13.0. The molecule has 27 heavy (non-hydrogen) atoms. The van der Waals surface area contributed by atoms with Gasteiger partial charge < -0.3 is 18.9 Å². The summed E-state index contributed by atoms with van der Waals surface area (Å²) in [5, 5.41) is 0. The second-order valence-electron chi connectivity index (χ2n) is 5.68. The minimum atomic E-state index is -0.566. The summed E-state index contributed by atoms with van der Waals surface area (Å²) in [6, 6.07) is 9.27. The van der Waals surface area contributed by atoms with Crippen molar-refractivity contribution in [3.05, 3.63) is 59.0 Å². The van der Waals surface area contributed by atoms with Gasteiger partial charge >= 0.3 is 5.97 Å². The Balaban J connectivity index is 1.90. The van der Waals surface area contributed by atoms with Crippen molar-refractivity contribution in [1.29, 1.82) is 0 Å². The highest BCUT2D eigenvalue weighted by Crippen LogP contribution is 2.36. The van der Waals surface area contributed by atoms with Crippen molar-refractivity contribution in [1.82, 2.24) is 0 Å². The molecule has 140 valence electrons. The topological polar surface area (TPSA) is 66.3 Å². The number of carbonyl (C=O) groups excluding carboxylic acids is 1. The number of benzene rings is 2. The van der Waals surface area contributed by atoms with Crippen molar-refractivity contribution in [3.8, 4) is 17.2 Å². The van der Waals surface area contributed by atoms with Gasteiger partial charge in [-0.1, -0.05) is 12.1 Å². The molecule has 0 N–H and O–H groups in total. The summed E-state index contributed by atoms with van der Waals surface area (Å²) in [7, 11) is 4.55. The standard InChI is InChI=1S/C20H18FNO5/c1-24-16-11-18(26-3)17(25-2)10-13(16)9-15-20(23)27-19(22-15)8-12-4-6-14(21)7-5-12/h4-7,9-11H,8H2,1-3H3/b15-9-. The predicted octanol–water partition coefficient (Wildman–Crippen LogP) is 3.39. The molecule has 0 atom stereocenters. The first-order valence-electron chi connectivity index (χ1n) is 8.10. The van der Waals surface area contributed by atoms with Crippen molar-refractivity contribution < 1.29 is 28.1 Å². The summed E-state index contributed by atoms with van der Waals surface area (Å²) in [4.78, 5) is 16.4. The van der Waals surface area contributed by atoms with E-state index in [0.717, 1.165) is 5.56 Å². The predicted molar refractivity (Wildman–Crippen MR) is 97.7 cm³/mol. The number of hydrogen-bond donors (Lipinski definition) is 0. The van der Waals surface area contributed by atoms with Crippen LogP contribution in [0.5, 0.6) is 17.2 Å². The largest absolute Gasteiger partial charge is 0.496 e. The first-order valence-corrected chi connectivity index (χ1v) is 8.10. The lowest BCUT2D eigenvalue weighted by Crippen LogP contribution is -2.07. The van der Waals surface area contributed by atoms with E-state index in [-0.39, 0.29) is 23.8 Å². The third kappa shape index (κ3) is 4.08. The van der Waals surface area contributed by atoms with Crippen LogP contribution >= 0.6 is 0 Å². The summed E-state index contributed by atoms with van der Waals surface area (Å²) < 4.78 is 34.1. The van der Waals surface area contributed by atoms with E-state index in [4.69, 9.17) is 18.9 Å². The second-order valence-corrected chi connectivity index (χ2v) is 5.68. The fraction of sp³-hybridized carbons (Fsp3) is 0.200. The van der Waals surface area contributed by atoms with E-state index in [0.29, 0.717) is 22.8 Å².